The lowest BCUT2D eigenvalue weighted by atomic mass is 10.2. The highest BCUT2D eigenvalue weighted by atomic mass is 35.5. The lowest BCUT2D eigenvalue weighted by Gasteiger charge is -2.10. The van der Waals surface area contributed by atoms with E-state index >= 15 is 0 Å². The molecule has 0 unspecified atom stereocenters. The Morgan fingerprint density at radius 1 is 1.00 bits per heavy atom. The van der Waals surface area contributed by atoms with Crippen LogP contribution in [0, 0.1) is 0 Å². The zero-order chi connectivity index (χ0) is 16.1. The highest BCUT2D eigenvalue weighted by molar-refractivity contribution is 6.34. The van der Waals surface area contributed by atoms with Crippen molar-refractivity contribution in [3.05, 3.63) is 28.8 Å². The van der Waals surface area contributed by atoms with E-state index in [0.29, 0.717) is 0 Å². The van der Waals surface area contributed by atoms with Gasteiger partial charge in [0.25, 0.3) is 0 Å². The molecule has 8 nitrogen and oxygen atoms in total. The van der Waals surface area contributed by atoms with E-state index in [-0.39, 0.29) is 34.4 Å². The summed E-state index contributed by atoms with van der Waals surface area (Å²) >= 11 is 6.00. The van der Waals surface area contributed by atoms with Crippen LogP contribution in [0.2, 0.25) is 5.02 Å². The van der Waals surface area contributed by atoms with Gasteiger partial charge in [0.15, 0.2) is 0 Å². The number of esters is 1. The lowest BCUT2D eigenvalue weighted by molar-refractivity contribution is 0.0598. The fourth-order valence-electron chi connectivity index (χ4n) is 1.54. The summed E-state index contributed by atoms with van der Waals surface area (Å²) in [6, 6.07) is 4.57. The number of nitrogens with zero attached hydrogens (tertiary/aromatic N) is 3. The predicted octanol–water partition coefficient (Wildman–Crippen LogP) is 2.12. The first-order chi connectivity index (χ1) is 10.6. The molecule has 116 valence electrons. The van der Waals surface area contributed by atoms with Crippen molar-refractivity contribution >= 4 is 17.6 Å². The molecule has 2 rings (SSSR count). The molecule has 0 radical (unpaired) electrons. The number of carbonyl (C=O) groups excluding carboxylic acids is 1. The minimum absolute atomic E-state index is 0.00324. The first-order valence-corrected chi connectivity index (χ1v) is 6.35. The van der Waals surface area contributed by atoms with Gasteiger partial charge in [0.2, 0.25) is 0 Å². The van der Waals surface area contributed by atoms with Crippen molar-refractivity contribution < 1.29 is 23.7 Å². The van der Waals surface area contributed by atoms with E-state index in [4.69, 9.17) is 25.8 Å². The van der Waals surface area contributed by atoms with E-state index in [1.54, 1.807) is 6.07 Å². The van der Waals surface area contributed by atoms with Crippen LogP contribution in [0.5, 0.6) is 23.8 Å². The van der Waals surface area contributed by atoms with Gasteiger partial charge in [0.05, 0.1) is 26.4 Å². The molecule has 0 atom stereocenters. The molecule has 0 aliphatic heterocycles. The Labute approximate surface area is 131 Å². The first kappa shape index (κ1) is 15.8. The summed E-state index contributed by atoms with van der Waals surface area (Å²) in [5, 5.41) is 0.178. The van der Waals surface area contributed by atoms with E-state index in [1.165, 1.54) is 33.5 Å². The Morgan fingerprint density at radius 3 is 2.14 bits per heavy atom. The van der Waals surface area contributed by atoms with E-state index in [1.807, 2.05) is 0 Å². The second-order valence-corrected chi connectivity index (χ2v) is 4.21. The van der Waals surface area contributed by atoms with Crippen molar-refractivity contribution in [2.75, 3.05) is 21.3 Å². The third-order valence-corrected chi connectivity index (χ3v) is 2.82. The molecule has 0 saturated heterocycles. The number of hydrogen-bond donors (Lipinski definition) is 0. The summed E-state index contributed by atoms with van der Waals surface area (Å²) in [6.45, 7) is 0. The lowest BCUT2D eigenvalue weighted by Crippen LogP contribution is -2.06. The molecule has 1 aromatic heterocycles. The van der Waals surface area contributed by atoms with Crippen LogP contribution >= 0.6 is 11.6 Å². The van der Waals surface area contributed by atoms with Gasteiger partial charge in [-0.2, -0.15) is 0 Å². The summed E-state index contributed by atoms with van der Waals surface area (Å²) in [7, 11) is 4.01. The molecule has 22 heavy (non-hydrogen) atoms. The van der Waals surface area contributed by atoms with Gasteiger partial charge in [-0.05, 0) is 12.1 Å². The van der Waals surface area contributed by atoms with Gasteiger partial charge in [-0.25, -0.2) is 4.79 Å². The fraction of sp³-hybridized carbons (Fsp3) is 0.231. The highest BCUT2D eigenvalue weighted by Gasteiger charge is 2.19. The zero-order valence-electron chi connectivity index (χ0n) is 12.0. The number of ether oxygens (including phenoxy) is 4. The van der Waals surface area contributed by atoms with E-state index in [9.17, 15) is 4.79 Å². The van der Waals surface area contributed by atoms with E-state index < -0.39 is 5.97 Å². The molecule has 9 heteroatoms. The summed E-state index contributed by atoms with van der Waals surface area (Å²) in [6.07, 6.45) is 0. The molecule has 1 heterocycles. The van der Waals surface area contributed by atoms with Crippen molar-refractivity contribution in [2.24, 2.45) is 0 Å². The third kappa shape index (κ3) is 3.34. The first-order valence-electron chi connectivity index (χ1n) is 5.97. The highest BCUT2D eigenvalue weighted by Crippen LogP contribution is 2.30. The van der Waals surface area contributed by atoms with Gasteiger partial charge in [-0.15, -0.1) is 15.0 Å². The minimum atomic E-state index is -0.645. The van der Waals surface area contributed by atoms with Gasteiger partial charge >= 0.3 is 24.0 Å². The molecular weight excluding hydrogens is 314 g/mol. The maximum atomic E-state index is 11.8. The van der Waals surface area contributed by atoms with Crippen LogP contribution in [0.1, 0.15) is 10.4 Å². The largest absolute Gasteiger partial charge is 0.467 e. The van der Waals surface area contributed by atoms with Crippen molar-refractivity contribution in [1.82, 2.24) is 15.0 Å². The maximum absolute atomic E-state index is 11.8. The topological polar surface area (TPSA) is 92.7 Å². The average Bonchev–Trinajstić information content (AvgIpc) is 2.54. The number of methoxy groups -OCH3 is 3. The van der Waals surface area contributed by atoms with E-state index in [0.717, 1.165) is 0 Å². The van der Waals surface area contributed by atoms with Crippen LogP contribution in [0.4, 0.5) is 0 Å². The second kappa shape index (κ2) is 6.90. The molecule has 0 fully saturated rings. The molecule has 0 spiro atoms. The Morgan fingerprint density at radius 2 is 1.59 bits per heavy atom. The molecule has 0 bridgehead atoms. The average molecular weight is 326 g/mol. The molecule has 0 amide bonds. The quantitative estimate of drug-likeness (QED) is 0.772. The fourth-order valence-corrected chi connectivity index (χ4v) is 1.78. The van der Waals surface area contributed by atoms with Gasteiger partial charge in [0, 0.05) is 0 Å². The summed E-state index contributed by atoms with van der Waals surface area (Å²) in [5.74, 6) is -0.511. The van der Waals surface area contributed by atoms with E-state index in [2.05, 4.69) is 19.7 Å². The van der Waals surface area contributed by atoms with Crippen molar-refractivity contribution in [3.8, 4) is 23.8 Å². The maximum Gasteiger partial charge on any atom is 0.343 e. The van der Waals surface area contributed by atoms with Gasteiger partial charge in [-0.3, -0.25) is 0 Å². The zero-order valence-corrected chi connectivity index (χ0v) is 12.7. The molecule has 0 aliphatic carbocycles. The molecular formula is C13H12ClN3O5. The predicted molar refractivity (Wildman–Crippen MR) is 75.8 cm³/mol. The number of carbonyl (C=O) groups is 1. The Bertz CT molecular complexity index is 673. The summed E-state index contributed by atoms with van der Waals surface area (Å²) in [5.41, 5.74) is 0.0602. The smallest absolute Gasteiger partial charge is 0.343 e. The SMILES string of the molecule is COC(=O)c1c(Cl)cccc1Oc1nc(OC)nc(OC)n1. The molecule has 0 saturated carbocycles. The number of hydrogen-bond acceptors (Lipinski definition) is 8. The molecule has 0 aliphatic rings. The number of aromatic nitrogens is 3. The van der Waals surface area contributed by atoms with Crippen LogP contribution in [-0.2, 0) is 4.74 Å². The van der Waals surface area contributed by atoms with Crippen LogP contribution in [0.15, 0.2) is 18.2 Å². The number of halogens is 1. The molecule has 0 N–H and O–H groups in total. The Hall–Kier alpha value is -2.61. The minimum Gasteiger partial charge on any atom is -0.467 e. The molecule has 1 aromatic carbocycles. The Balaban J connectivity index is 2.43. The normalized spacial score (nSPS) is 10.0. The third-order valence-electron chi connectivity index (χ3n) is 2.51. The van der Waals surface area contributed by atoms with Crippen LogP contribution < -0.4 is 14.2 Å². The summed E-state index contributed by atoms with van der Waals surface area (Å²) < 4.78 is 20.0. The standard InChI is InChI=1S/C13H12ClN3O5/c1-19-10(18)9-7(14)5-4-6-8(9)22-13-16-11(20-2)15-12(17-13)21-3/h4-6H,1-3H3. The van der Waals surface area contributed by atoms with Gasteiger partial charge in [0.1, 0.15) is 11.3 Å². The van der Waals surface area contributed by atoms with Crippen LogP contribution in [0.25, 0.3) is 0 Å². The van der Waals surface area contributed by atoms with Gasteiger partial charge in [-0.1, -0.05) is 17.7 Å². The number of benzene rings is 1. The Kier molecular flexibility index (Phi) is 4.95. The monoisotopic (exact) mass is 325 g/mol. The van der Waals surface area contributed by atoms with Crippen LogP contribution in [0.3, 0.4) is 0 Å². The second-order valence-electron chi connectivity index (χ2n) is 3.80. The van der Waals surface area contributed by atoms with Crippen molar-refractivity contribution in [1.29, 1.82) is 0 Å². The van der Waals surface area contributed by atoms with Crippen molar-refractivity contribution in [2.45, 2.75) is 0 Å². The number of rotatable bonds is 5. The van der Waals surface area contributed by atoms with Gasteiger partial charge < -0.3 is 18.9 Å². The molecule has 2 aromatic rings. The van der Waals surface area contributed by atoms with Crippen molar-refractivity contribution in [3.63, 3.8) is 0 Å². The summed E-state index contributed by atoms with van der Waals surface area (Å²) in [4.78, 5) is 23.5. The van der Waals surface area contributed by atoms with Crippen LogP contribution in [-0.4, -0.2) is 42.3 Å².